The number of carbonyl (C=O) groups excluding carboxylic acids is 2. The Bertz CT molecular complexity index is 1410. The van der Waals surface area contributed by atoms with Crippen LogP contribution in [0.3, 0.4) is 0 Å². The van der Waals surface area contributed by atoms with Crippen molar-refractivity contribution in [3.8, 4) is 0 Å². The molecule has 0 radical (unpaired) electrons. The molecule has 0 aliphatic rings. The average Bonchev–Trinajstić information content (AvgIpc) is 3.18. The molecule has 0 spiro atoms. The molecule has 4 aromatic rings. The molecular weight excluding hydrogens is 458 g/mol. The average molecular weight is 478 g/mol. The van der Waals surface area contributed by atoms with Crippen molar-refractivity contribution in [2.45, 2.75) is 6.54 Å². The van der Waals surface area contributed by atoms with Gasteiger partial charge in [-0.25, -0.2) is 0 Å². The van der Waals surface area contributed by atoms with Crippen LogP contribution in [0, 0.1) is 10.1 Å². The molecule has 7 nitrogen and oxygen atoms in total. The summed E-state index contributed by atoms with van der Waals surface area (Å²) in [6.45, 7) is 0.621. The first-order chi connectivity index (χ1) is 16.0. The molecule has 0 atom stereocenters. The summed E-state index contributed by atoms with van der Waals surface area (Å²) >= 11 is 2.90. The van der Waals surface area contributed by atoms with Gasteiger partial charge >= 0.3 is 0 Å². The number of aryl methyl sites for hydroxylation is 1. The Morgan fingerprint density at radius 3 is 2.33 bits per heavy atom. The molecule has 4 rings (SSSR count). The summed E-state index contributed by atoms with van der Waals surface area (Å²) in [5, 5.41) is 11.1. The maximum atomic E-state index is 12.9. The Kier molecular flexibility index (Phi) is 6.81. The number of hydrogen-bond acceptors (Lipinski definition) is 6. The zero-order valence-electron chi connectivity index (χ0n) is 17.6. The SMILES string of the molecule is CSCCn1c(=NC(=O)c2ccc(C(=O)c3ccccc3)cc2)sc2cc([N+](=O)[O-])ccc21. The summed E-state index contributed by atoms with van der Waals surface area (Å²) in [6, 6.07) is 20.0. The van der Waals surface area contributed by atoms with Crippen LogP contribution >= 0.6 is 23.1 Å². The molecule has 0 fully saturated rings. The second-order valence-electron chi connectivity index (χ2n) is 7.13. The van der Waals surface area contributed by atoms with Gasteiger partial charge in [-0.1, -0.05) is 53.8 Å². The van der Waals surface area contributed by atoms with Gasteiger partial charge in [0.1, 0.15) is 0 Å². The monoisotopic (exact) mass is 477 g/mol. The van der Waals surface area contributed by atoms with Gasteiger partial charge in [-0.15, -0.1) is 0 Å². The number of aromatic nitrogens is 1. The second-order valence-corrected chi connectivity index (χ2v) is 9.12. The molecule has 9 heteroatoms. The van der Waals surface area contributed by atoms with Crippen molar-refractivity contribution < 1.29 is 14.5 Å². The van der Waals surface area contributed by atoms with Crippen LogP contribution in [0.2, 0.25) is 0 Å². The third-order valence-corrected chi connectivity index (χ3v) is 6.66. The number of nitro benzene ring substituents is 1. The molecule has 1 aromatic heterocycles. The van der Waals surface area contributed by atoms with Crippen LogP contribution in [-0.4, -0.2) is 33.2 Å². The lowest BCUT2D eigenvalue weighted by Gasteiger charge is -2.04. The van der Waals surface area contributed by atoms with Gasteiger partial charge in [0, 0.05) is 41.1 Å². The quantitative estimate of drug-likeness (QED) is 0.213. The highest BCUT2D eigenvalue weighted by molar-refractivity contribution is 7.98. The van der Waals surface area contributed by atoms with Crippen LogP contribution < -0.4 is 4.80 Å². The fourth-order valence-electron chi connectivity index (χ4n) is 3.33. The van der Waals surface area contributed by atoms with E-state index in [9.17, 15) is 19.7 Å². The second kappa shape index (κ2) is 9.93. The molecule has 0 aliphatic carbocycles. The minimum Gasteiger partial charge on any atom is -0.315 e. The number of carbonyl (C=O) groups is 2. The Balaban J connectivity index is 1.67. The first kappa shape index (κ1) is 22.6. The predicted octanol–water partition coefficient (Wildman–Crippen LogP) is 4.95. The first-order valence-electron chi connectivity index (χ1n) is 10.0. The Morgan fingerprint density at radius 2 is 1.67 bits per heavy atom. The summed E-state index contributed by atoms with van der Waals surface area (Å²) < 4.78 is 2.60. The zero-order valence-corrected chi connectivity index (χ0v) is 19.3. The number of thioether (sulfide) groups is 1. The van der Waals surface area contributed by atoms with Crippen molar-refractivity contribution in [3.05, 3.63) is 104 Å². The van der Waals surface area contributed by atoms with Crippen LogP contribution in [-0.2, 0) is 6.54 Å². The summed E-state index contributed by atoms with van der Waals surface area (Å²) in [6.07, 6.45) is 1.99. The highest BCUT2D eigenvalue weighted by Crippen LogP contribution is 2.23. The van der Waals surface area contributed by atoms with E-state index in [2.05, 4.69) is 4.99 Å². The van der Waals surface area contributed by atoms with Gasteiger partial charge in [-0.3, -0.25) is 19.7 Å². The van der Waals surface area contributed by atoms with Gasteiger partial charge in [0.25, 0.3) is 11.6 Å². The minimum absolute atomic E-state index is 0.00249. The third-order valence-electron chi connectivity index (χ3n) is 5.02. The number of thiazole rings is 1. The lowest BCUT2D eigenvalue weighted by Crippen LogP contribution is -2.18. The standard InChI is InChI=1S/C24H19N3O4S2/c1-32-14-13-26-20-12-11-19(27(30)31)15-21(20)33-24(26)25-23(29)18-9-7-17(8-10-18)22(28)16-5-3-2-4-6-16/h2-12,15H,13-14H2,1H3. The maximum Gasteiger partial charge on any atom is 0.279 e. The van der Waals surface area contributed by atoms with E-state index in [4.69, 9.17) is 0 Å². The van der Waals surface area contributed by atoms with E-state index in [1.165, 1.54) is 23.5 Å². The van der Waals surface area contributed by atoms with Crippen LogP contribution in [0.25, 0.3) is 10.2 Å². The van der Waals surface area contributed by atoms with Crippen molar-refractivity contribution in [2.75, 3.05) is 12.0 Å². The first-order valence-corrected chi connectivity index (χ1v) is 12.2. The Morgan fingerprint density at radius 1 is 1.00 bits per heavy atom. The van der Waals surface area contributed by atoms with E-state index in [-0.39, 0.29) is 11.5 Å². The topological polar surface area (TPSA) is 94.6 Å². The molecule has 0 saturated heterocycles. The number of non-ortho nitro benzene ring substituents is 1. The van der Waals surface area contributed by atoms with Gasteiger partial charge in [-0.05, 0) is 24.5 Å². The van der Waals surface area contributed by atoms with Crippen molar-refractivity contribution in [3.63, 3.8) is 0 Å². The summed E-state index contributed by atoms with van der Waals surface area (Å²) in [7, 11) is 0. The zero-order chi connectivity index (χ0) is 23.4. The molecule has 0 unspecified atom stereocenters. The van der Waals surface area contributed by atoms with Crippen molar-refractivity contribution in [1.82, 2.24) is 4.57 Å². The highest BCUT2D eigenvalue weighted by atomic mass is 32.2. The molecule has 0 N–H and O–H groups in total. The highest BCUT2D eigenvalue weighted by Gasteiger charge is 2.14. The van der Waals surface area contributed by atoms with Crippen molar-refractivity contribution >= 4 is 50.7 Å². The Labute approximate surface area is 197 Å². The van der Waals surface area contributed by atoms with Gasteiger partial charge in [-0.2, -0.15) is 16.8 Å². The van der Waals surface area contributed by atoms with Crippen LogP contribution in [0.4, 0.5) is 5.69 Å². The molecule has 1 amide bonds. The number of benzene rings is 3. The Hall–Kier alpha value is -3.56. The summed E-state index contributed by atoms with van der Waals surface area (Å²) in [4.78, 5) is 40.9. The van der Waals surface area contributed by atoms with E-state index < -0.39 is 10.8 Å². The molecule has 0 aliphatic heterocycles. The number of fused-ring (bicyclic) bond motifs is 1. The normalized spacial score (nSPS) is 11.6. The van der Waals surface area contributed by atoms with Gasteiger partial charge in [0.2, 0.25) is 0 Å². The van der Waals surface area contributed by atoms with E-state index in [1.807, 2.05) is 16.9 Å². The van der Waals surface area contributed by atoms with Crippen LogP contribution in [0.1, 0.15) is 26.3 Å². The molecule has 33 heavy (non-hydrogen) atoms. The van der Waals surface area contributed by atoms with Crippen molar-refractivity contribution in [2.24, 2.45) is 4.99 Å². The lowest BCUT2D eigenvalue weighted by molar-refractivity contribution is -0.384. The lowest BCUT2D eigenvalue weighted by atomic mass is 10.0. The van der Waals surface area contributed by atoms with Crippen LogP contribution in [0.5, 0.6) is 0 Å². The number of ketones is 1. The smallest absolute Gasteiger partial charge is 0.279 e. The molecule has 0 bridgehead atoms. The van der Waals surface area contributed by atoms with Gasteiger partial charge < -0.3 is 4.57 Å². The predicted molar refractivity (Wildman–Crippen MR) is 131 cm³/mol. The van der Waals surface area contributed by atoms with Gasteiger partial charge in [0.15, 0.2) is 10.6 Å². The number of rotatable bonds is 7. The maximum absolute atomic E-state index is 12.9. The molecule has 0 saturated carbocycles. The summed E-state index contributed by atoms with van der Waals surface area (Å²) in [5.41, 5.74) is 2.23. The van der Waals surface area contributed by atoms with Crippen molar-refractivity contribution in [1.29, 1.82) is 0 Å². The minimum atomic E-state index is -0.439. The van der Waals surface area contributed by atoms with E-state index >= 15 is 0 Å². The largest absolute Gasteiger partial charge is 0.315 e. The molecule has 3 aromatic carbocycles. The fraction of sp³-hybridized carbons (Fsp3) is 0.125. The fourth-order valence-corrected chi connectivity index (χ4v) is 4.78. The molecule has 166 valence electrons. The molecule has 1 heterocycles. The third kappa shape index (κ3) is 4.94. The van der Waals surface area contributed by atoms with Crippen LogP contribution in [0.15, 0.2) is 77.8 Å². The summed E-state index contributed by atoms with van der Waals surface area (Å²) in [5.74, 6) is 0.251. The number of nitro groups is 1. The van der Waals surface area contributed by atoms with Gasteiger partial charge in [0.05, 0.1) is 15.1 Å². The number of nitrogens with zero attached hydrogens (tertiary/aromatic N) is 3. The number of amides is 1. The van der Waals surface area contributed by atoms with E-state index in [1.54, 1.807) is 66.4 Å². The number of hydrogen-bond donors (Lipinski definition) is 0. The van der Waals surface area contributed by atoms with E-state index in [0.29, 0.717) is 32.7 Å². The molecular formula is C24H19N3O4S2. The van der Waals surface area contributed by atoms with E-state index in [0.717, 1.165) is 11.3 Å².